The highest BCUT2D eigenvalue weighted by atomic mass is 32.2. The van der Waals surface area contributed by atoms with E-state index >= 15 is 0 Å². The smallest absolute Gasteiger partial charge is 0.289 e. The van der Waals surface area contributed by atoms with Crippen molar-refractivity contribution < 1.29 is 13.3 Å². The van der Waals surface area contributed by atoms with Gasteiger partial charge in [0.05, 0.1) is 12.8 Å². The van der Waals surface area contributed by atoms with Crippen molar-refractivity contribution in [2.24, 2.45) is 4.40 Å². The topological polar surface area (TPSA) is 92.7 Å². The third-order valence-corrected chi connectivity index (χ3v) is 3.03. The normalized spacial score (nSPS) is 17.3. The molecule has 80 valence electrons. The van der Waals surface area contributed by atoms with Gasteiger partial charge < -0.3 is 5.32 Å². The van der Waals surface area contributed by atoms with E-state index in [0.717, 1.165) is 0 Å². The summed E-state index contributed by atoms with van der Waals surface area (Å²) in [4.78, 5) is 8.34. The van der Waals surface area contributed by atoms with Gasteiger partial charge in [0.2, 0.25) is 5.96 Å². The summed E-state index contributed by atoms with van der Waals surface area (Å²) >= 11 is 0. The number of pyridine rings is 1. The molecule has 1 aromatic heterocycles. The lowest BCUT2D eigenvalue weighted by Crippen LogP contribution is -2.33. The fraction of sp³-hybridized carbons (Fsp3) is 0.143. The van der Waals surface area contributed by atoms with E-state index in [0.29, 0.717) is 5.69 Å². The molecule has 7 nitrogen and oxygen atoms in total. The summed E-state index contributed by atoms with van der Waals surface area (Å²) in [7, 11) is -2.33. The van der Waals surface area contributed by atoms with Crippen LogP contribution in [0.4, 0.5) is 5.69 Å². The molecule has 0 fully saturated rings. The molecule has 2 N–H and O–H groups in total. The third-order valence-electron chi connectivity index (χ3n) is 1.73. The highest BCUT2D eigenvalue weighted by Crippen LogP contribution is 2.24. The van der Waals surface area contributed by atoms with Gasteiger partial charge in [-0.25, -0.2) is 5.48 Å². The molecule has 0 radical (unpaired) electrons. The van der Waals surface area contributed by atoms with E-state index in [2.05, 4.69) is 25.0 Å². The van der Waals surface area contributed by atoms with Crippen LogP contribution in [0.15, 0.2) is 27.8 Å². The van der Waals surface area contributed by atoms with Gasteiger partial charge in [0.25, 0.3) is 10.0 Å². The van der Waals surface area contributed by atoms with Gasteiger partial charge in [0.15, 0.2) is 0 Å². The van der Waals surface area contributed by atoms with Gasteiger partial charge in [-0.15, -0.1) is 4.40 Å². The SMILES string of the molecule is CONC1=NS(=O)(=O)c2cnccc2N1. The highest BCUT2D eigenvalue weighted by molar-refractivity contribution is 7.90. The largest absolute Gasteiger partial charge is 0.322 e. The lowest BCUT2D eigenvalue weighted by molar-refractivity contribution is 0.144. The van der Waals surface area contributed by atoms with Gasteiger partial charge >= 0.3 is 0 Å². The Morgan fingerprint density at radius 2 is 2.33 bits per heavy atom. The molecule has 1 aliphatic rings. The number of nitrogens with one attached hydrogen (secondary N) is 2. The first-order valence-corrected chi connectivity index (χ1v) is 5.42. The highest BCUT2D eigenvalue weighted by Gasteiger charge is 2.24. The Hall–Kier alpha value is -1.67. The quantitative estimate of drug-likeness (QED) is 0.641. The number of hydrogen-bond donors (Lipinski definition) is 2. The van der Waals surface area contributed by atoms with E-state index in [9.17, 15) is 8.42 Å². The number of nitrogens with zero attached hydrogens (tertiary/aromatic N) is 2. The minimum Gasteiger partial charge on any atom is -0.322 e. The van der Waals surface area contributed by atoms with Crippen LogP contribution in [0.1, 0.15) is 0 Å². The number of guanidine groups is 1. The molecule has 0 spiro atoms. The standard InChI is InChI=1S/C7H8N4O3S/c1-14-10-7-9-5-2-3-8-4-6(5)15(12,13)11-7/h2-4H,1H3,(H2,9,10,11). The number of hydroxylamine groups is 1. The van der Waals surface area contributed by atoms with Gasteiger partial charge in [-0.1, -0.05) is 0 Å². The van der Waals surface area contributed by atoms with Crippen LogP contribution in [-0.4, -0.2) is 26.5 Å². The number of aromatic nitrogens is 1. The Labute approximate surface area is 86.2 Å². The van der Waals surface area contributed by atoms with Crippen LogP contribution in [0, 0.1) is 0 Å². The lowest BCUT2D eigenvalue weighted by Gasteiger charge is -2.16. The summed E-state index contributed by atoms with van der Waals surface area (Å²) in [6, 6.07) is 1.54. The molecule has 0 saturated heterocycles. The van der Waals surface area contributed by atoms with Crippen molar-refractivity contribution >= 4 is 21.7 Å². The second-order valence-corrected chi connectivity index (χ2v) is 4.29. The maximum absolute atomic E-state index is 11.6. The van der Waals surface area contributed by atoms with Crippen molar-refractivity contribution in [1.29, 1.82) is 0 Å². The van der Waals surface area contributed by atoms with Gasteiger partial charge in [-0.2, -0.15) is 8.42 Å². The van der Waals surface area contributed by atoms with Crippen molar-refractivity contribution in [2.75, 3.05) is 12.4 Å². The molecule has 1 aliphatic heterocycles. The second-order valence-electron chi connectivity index (χ2n) is 2.72. The van der Waals surface area contributed by atoms with Gasteiger partial charge in [-0.3, -0.25) is 9.82 Å². The first-order chi connectivity index (χ1) is 7.13. The molecule has 0 saturated carbocycles. The van der Waals surface area contributed by atoms with E-state index < -0.39 is 10.0 Å². The lowest BCUT2D eigenvalue weighted by atomic mass is 10.4. The zero-order valence-corrected chi connectivity index (χ0v) is 8.58. The molecule has 1 aromatic rings. The molecule has 0 aliphatic carbocycles. The first-order valence-electron chi connectivity index (χ1n) is 3.98. The number of fused-ring (bicyclic) bond motifs is 1. The summed E-state index contributed by atoms with van der Waals surface area (Å²) in [5.74, 6) is 0.0243. The molecular weight excluding hydrogens is 220 g/mol. The predicted octanol–water partition coefficient (Wildman–Crippen LogP) is -0.297. The molecule has 15 heavy (non-hydrogen) atoms. The molecule has 2 rings (SSSR count). The van der Waals surface area contributed by atoms with E-state index in [1.807, 2.05) is 0 Å². The van der Waals surface area contributed by atoms with Gasteiger partial charge in [0.1, 0.15) is 4.90 Å². The number of hydrogen-bond acceptors (Lipinski definition) is 6. The predicted molar refractivity (Wildman–Crippen MR) is 52.6 cm³/mol. The summed E-state index contributed by atoms with van der Waals surface area (Å²) in [5, 5.41) is 2.75. The fourth-order valence-corrected chi connectivity index (χ4v) is 2.16. The molecule has 0 bridgehead atoms. The fourth-order valence-electron chi connectivity index (χ4n) is 1.15. The van der Waals surface area contributed by atoms with Gasteiger partial charge in [-0.05, 0) is 6.07 Å². The van der Waals surface area contributed by atoms with Crippen molar-refractivity contribution in [3.63, 3.8) is 0 Å². The first kappa shape index (κ1) is 9.87. The molecule has 0 unspecified atom stereocenters. The third kappa shape index (κ3) is 1.76. The molecular formula is C7H8N4O3S. The molecule has 2 heterocycles. The Kier molecular flexibility index (Phi) is 2.29. The van der Waals surface area contributed by atoms with Crippen LogP contribution in [0.25, 0.3) is 0 Å². The van der Waals surface area contributed by atoms with E-state index in [-0.39, 0.29) is 10.9 Å². The maximum Gasteiger partial charge on any atom is 0.289 e. The van der Waals surface area contributed by atoms with Crippen LogP contribution in [-0.2, 0) is 14.9 Å². The summed E-state index contributed by atoms with van der Waals surface area (Å²) in [5.41, 5.74) is 2.74. The Balaban J connectivity index is 2.50. The zero-order valence-electron chi connectivity index (χ0n) is 7.76. The average molecular weight is 228 g/mol. The maximum atomic E-state index is 11.6. The summed E-state index contributed by atoms with van der Waals surface area (Å²) in [6.45, 7) is 0. The van der Waals surface area contributed by atoms with Crippen LogP contribution in [0.5, 0.6) is 0 Å². The van der Waals surface area contributed by atoms with Crippen LogP contribution in [0.3, 0.4) is 0 Å². The number of sulfonamides is 1. The molecule has 0 aromatic carbocycles. The van der Waals surface area contributed by atoms with Crippen molar-refractivity contribution in [3.8, 4) is 0 Å². The monoisotopic (exact) mass is 228 g/mol. The Morgan fingerprint density at radius 3 is 3.07 bits per heavy atom. The number of anilines is 1. The summed E-state index contributed by atoms with van der Waals surface area (Å²) < 4.78 is 26.6. The minimum absolute atomic E-state index is 0.0243. The average Bonchev–Trinajstić information content (AvgIpc) is 2.17. The van der Waals surface area contributed by atoms with E-state index in [1.165, 1.54) is 19.5 Å². The van der Waals surface area contributed by atoms with E-state index in [1.54, 1.807) is 6.07 Å². The zero-order chi connectivity index (χ0) is 10.9. The molecule has 0 amide bonds. The minimum atomic E-state index is -3.69. The van der Waals surface area contributed by atoms with E-state index in [4.69, 9.17) is 0 Å². The number of rotatable bonds is 1. The van der Waals surface area contributed by atoms with Crippen molar-refractivity contribution in [2.45, 2.75) is 4.90 Å². The van der Waals surface area contributed by atoms with Crippen LogP contribution < -0.4 is 10.8 Å². The van der Waals surface area contributed by atoms with Crippen molar-refractivity contribution in [3.05, 3.63) is 18.5 Å². The van der Waals surface area contributed by atoms with Crippen LogP contribution in [0.2, 0.25) is 0 Å². The molecule has 8 heteroatoms. The van der Waals surface area contributed by atoms with Gasteiger partial charge in [0, 0.05) is 12.4 Å². The van der Waals surface area contributed by atoms with Crippen molar-refractivity contribution in [1.82, 2.24) is 10.5 Å². The Bertz CT molecular complexity index is 511. The molecule has 0 atom stereocenters. The van der Waals surface area contributed by atoms with Crippen LogP contribution >= 0.6 is 0 Å². The Morgan fingerprint density at radius 1 is 1.53 bits per heavy atom. The summed E-state index contributed by atoms with van der Waals surface area (Å²) in [6.07, 6.45) is 2.72. The second kappa shape index (κ2) is 3.48.